The minimum Gasteiger partial charge on any atom is -0.416 e. The molecule has 0 saturated carbocycles. The molecule has 0 aliphatic rings. The van der Waals surface area contributed by atoms with Crippen molar-refractivity contribution in [3.05, 3.63) is 95.8 Å². The third kappa shape index (κ3) is 7.18. The Hall–Kier alpha value is -3.73. The smallest absolute Gasteiger partial charge is 0.252 e. The van der Waals surface area contributed by atoms with Gasteiger partial charge in [0.25, 0.3) is 5.91 Å². The molecule has 0 aliphatic carbocycles. The molecule has 10 heteroatoms. The number of benzene rings is 2. The van der Waals surface area contributed by atoms with Crippen molar-refractivity contribution in [2.45, 2.75) is 51.6 Å². The van der Waals surface area contributed by atoms with Crippen molar-refractivity contribution in [3.8, 4) is 22.5 Å². The van der Waals surface area contributed by atoms with E-state index in [0.717, 1.165) is 5.69 Å². The van der Waals surface area contributed by atoms with Crippen molar-refractivity contribution in [2.24, 2.45) is 0 Å². The number of nitrogens with zero attached hydrogens (tertiary/aromatic N) is 3. The van der Waals surface area contributed by atoms with Gasteiger partial charge in [-0.05, 0) is 72.7 Å². The van der Waals surface area contributed by atoms with E-state index in [2.05, 4.69) is 49.3 Å². The number of carbonyl (C=O) groups excluding carboxylic acids is 1. The van der Waals surface area contributed by atoms with Crippen LogP contribution in [0.1, 0.15) is 42.7 Å². The lowest BCUT2D eigenvalue weighted by Crippen LogP contribution is -2.42. The first kappa shape index (κ1) is 31.2. The number of hydrogen-bond donors (Lipinski definition) is 1. The highest BCUT2D eigenvalue weighted by Gasteiger charge is 2.38. The normalized spacial score (nSPS) is 12.8. The minimum absolute atomic E-state index is 0.0263. The van der Waals surface area contributed by atoms with Gasteiger partial charge in [-0.15, -0.1) is 0 Å². The second-order valence-corrected chi connectivity index (χ2v) is 16.5. The lowest BCUT2D eigenvalue weighted by atomic mass is 10.0. The number of hydrogen-bond acceptors (Lipinski definition) is 5. The molecule has 0 saturated heterocycles. The molecule has 2 aromatic carbocycles. The Balaban J connectivity index is 1.63. The summed E-state index contributed by atoms with van der Waals surface area (Å²) in [5.74, 6) is -1.59. The van der Waals surface area contributed by atoms with E-state index in [1.807, 2.05) is 18.2 Å². The molecule has 222 valence electrons. The van der Waals surface area contributed by atoms with Crippen LogP contribution in [-0.4, -0.2) is 49.3 Å². The summed E-state index contributed by atoms with van der Waals surface area (Å²) in [6.45, 7) is 11.6. The summed E-state index contributed by atoms with van der Waals surface area (Å²) in [5, 5.41) is 7.57. The number of pyridine rings is 1. The van der Waals surface area contributed by atoms with Crippen LogP contribution in [0.3, 0.4) is 0 Å². The molecule has 1 unspecified atom stereocenters. The summed E-state index contributed by atoms with van der Waals surface area (Å²) >= 11 is 0. The monoisotopic (exact) mass is 592 g/mol. The van der Waals surface area contributed by atoms with Gasteiger partial charge in [0.15, 0.2) is 8.32 Å². The van der Waals surface area contributed by atoms with Gasteiger partial charge in [0.2, 0.25) is 0 Å². The summed E-state index contributed by atoms with van der Waals surface area (Å²) in [4.78, 5) is 18.2. The Morgan fingerprint density at radius 2 is 1.79 bits per heavy atom. The SMILES string of the molecule is COCn1nc(-c2ccc(F)cc2)cc1-c1c(F)cccc1C(=O)NCC(CO[Si](C)(C)C(C)(C)C)c1ccccn1. The standard InChI is InChI=1S/C32H38F2N4O3Si/c1-32(2,3)42(5,6)41-20-23(27-12-7-8-17-35-27)19-36-31(39)25-10-9-11-26(34)30(25)29-18-28(37-38(29)21-40-4)22-13-15-24(33)16-14-22/h7-18,23H,19-21H2,1-6H3,(H,36,39). The fourth-order valence-corrected chi connectivity index (χ4v) is 5.33. The first-order valence-corrected chi connectivity index (χ1v) is 16.8. The summed E-state index contributed by atoms with van der Waals surface area (Å²) in [6.07, 6.45) is 1.72. The molecule has 42 heavy (non-hydrogen) atoms. The van der Waals surface area contributed by atoms with Crippen LogP contribution in [0.4, 0.5) is 8.78 Å². The maximum absolute atomic E-state index is 15.5. The van der Waals surface area contributed by atoms with Crippen LogP contribution in [-0.2, 0) is 15.9 Å². The van der Waals surface area contributed by atoms with E-state index in [4.69, 9.17) is 9.16 Å². The fourth-order valence-electron chi connectivity index (χ4n) is 4.28. The molecule has 1 atom stereocenters. The van der Waals surface area contributed by atoms with E-state index in [1.165, 1.54) is 36.1 Å². The zero-order valence-electron chi connectivity index (χ0n) is 24.9. The third-order valence-corrected chi connectivity index (χ3v) is 12.3. The predicted molar refractivity (Wildman–Crippen MR) is 162 cm³/mol. The number of amides is 1. The van der Waals surface area contributed by atoms with Gasteiger partial charge in [0.1, 0.15) is 18.4 Å². The number of ether oxygens (including phenoxy) is 1. The van der Waals surface area contributed by atoms with Crippen LogP contribution in [0.2, 0.25) is 18.1 Å². The Kier molecular flexibility index (Phi) is 9.70. The van der Waals surface area contributed by atoms with E-state index < -0.39 is 20.0 Å². The van der Waals surface area contributed by atoms with E-state index in [1.54, 1.807) is 30.5 Å². The van der Waals surface area contributed by atoms with Crippen LogP contribution in [0.25, 0.3) is 22.5 Å². The maximum atomic E-state index is 15.5. The molecule has 0 bridgehead atoms. The minimum atomic E-state index is -2.06. The van der Waals surface area contributed by atoms with Crippen LogP contribution >= 0.6 is 0 Å². The van der Waals surface area contributed by atoms with Crippen molar-refractivity contribution in [1.82, 2.24) is 20.1 Å². The lowest BCUT2D eigenvalue weighted by molar-refractivity contribution is 0.0947. The van der Waals surface area contributed by atoms with Crippen LogP contribution in [0, 0.1) is 11.6 Å². The summed E-state index contributed by atoms with van der Waals surface area (Å²) < 4.78 is 42.3. The van der Waals surface area contributed by atoms with Gasteiger partial charge < -0.3 is 14.5 Å². The average Bonchev–Trinajstić information content (AvgIpc) is 3.36. The van der Waals surface area contributed by atoms with Crippen LogP contribution in [0.5, 0.6) is 0 Å². The predicted octanol–water partition coefficient (Wildman–Crippen LogP) is 7.03. The number of carbonyl (C=O) groups is 1. The molecular formula is C32H38F2N4O3Si. The second kappa shape index (κ2) is 13.1. The molecule has 0 spiro atoms. The van der Waals surface area contributed by atoms with Crippen LogP contribution in [0.15, 0.2) is 72.9 Å². The molecule has 1 N–H and O–H groups in total. The molecule has 4 aromatic rings. The Morgan fingerprint density at radius 1 is 1.05 bits per heavy atom. The van der Waals surface area contributed by atoms with E-state index in [9.17, 15) is 9.18 Å². The Labute approximate surface area is 247 Å². The number of halogens is 2. The molecule has 4 rings (SSSR count). The number of aromatic nitrogens is 3. The molecule has 0 fully saturated rings. The third-order valence-electron chi connectivity index (χ3n) is 7.75. The molecule has 2 aromatic heterocycles. The first-order chi connectivity index (χ1) is 19.9. The summed E-state index contributed by atoms with van der Waals surface area (Å²) in [7, 11) is -0.555. The molecule has 2 heterocycles. The van der Waals surface area contributed by atoms with E-state index in [-0.39, 0.29) is 41.2 Å². The van der Waals surface area contributed by atoms with Crippen molar-refractivity contribution in [2.75, 3.05) is 20.3 Å². The average molecular weight is 593 g/mol. The van der Waals surface area contributed by atoms with Gasteiger partial charge in [-0.2, -0.15) is 5.10 Å². The van der Waals surface area contributed by atoms with Crippen molar-refractivity contribution in [1.29, 1.82) is 0 Å². The maximum Gasteiger partial charge on any atom is 0.252 e. The quantitative estimate of drug-likeness (QED) is 0.189. The zero-order chi connectivity index (χ0) is 30.5. The van der Waals surface area contributed by atoms with Gasteiger partial charge in [-0.3, -0.25) is 9.78 Å². The van der Waals surface area contributed by atoms with E-state index in [0.29, 0.717) is 23.6 Å². The van der Waals surface area contributed by atoms with Crippen molar-refractivity contribution in [3.63, 3.8) is 0 Å². The molecule has 1 amide bonds. The summed E-state index contributed by atoms with van der Waals surface area (Å²) in [6, 6.07) is 17.6. The lowest BCUT2D eigenvalue weighted by Gasteiger charge is -2.37. The number of rotatable bonds is 11. The zero-order valence-corrected chi connectivity index (χ0v) is 25.9. The van der Waals surface area contributed by atoms with Crippen molar-refractivity contribution >= 4 is 14.2 Å². The largest absolute Gasteiger partial charge is 0.416 e. The second-order valence-electron chi connectivity index (χ2n) is 11.7. The molecule has 7 nitrogen and oxygen atoms in total. The fraction of sp³-hybridized carbons (Fsp3) is 0.344. The summed E-state index contributed by atoms with van der Waals surface area (Å²) in [5.41, 5.74) is 2.56. The van der Waals surface area contributed by atoms with Gasteiger partial charge in [0.05, 0.1) is 17.0 Å². The molecule has 0 radical (unpaired) electrons. The highest BCUT2D eigenvalue weighted by molar-refractivity contribution is 6.74. The van der Waals surface area contributed by atoms with Crippen LogP contribution < -0.4 is 5.32 Å². The van der Waals surface area contributed by atoms with Crippen molar-refractivity contribution < 1.29 is 22.7 Å². The highest BCUT2D eigenvalue weighted by atomic mass is 28.4. The number of methoxy groups -OCH3 is 1. The van der Waals surface area contributed by atoms with Gasteiger partial charge in [-0.1, -0.05) is 32.9 Å². The van der Waals surface area contributed by atoms with Gasteiger partial charge >= 0.3 is 0 Å². The van der Waals surface area contributed by atoms with Gasteiger partial charge in [0, 0.05) is 49.2 Å². The molecular weight excluding hydrogens is 554 g/mol. The topological polar surface area (TPSA) is 78.3 Å². The Morgan fingerprint density at radius 3 is 2.43 bits per heavy atom. The number of nitrogens with one attached hydrogen (secondary N) is 1. The molecule has 0 aliphatic heterocycles. The Bertz CT molecular complexity index is 1500. The van der Waals surface area contributed by atoms with E-state index >= 15 is 4.39 Å². The first-order valence-electron chi connectivity index (χ1n) is 13.9. The highest BCUT2D eigenvalue weighted by Crippen LogP contribution is 2.37. The van der Waals surface area contributed by atoms with Gasteiger partial charge in [-0.25, -0.2) is 13.5 Å².